The van der Waals surface area contributed by atoms with Gasteiger partial charge >= 0.3 is 39.5 Å². The van der Waals surface area contributed by atoms with Gasteiger partial charge in [0.05, 0.1) is 26.4 Å². The van der Waals surface area contributed by atoms with Gasteiger partial charge in [-0.25, -0.2) is 9.13 Å². The summed E-state index contributed by atoms with van der Waals surface area (Å²) in [5.74, 6) is 0.152. The minimum Gasteiger partial charge on any atom is -0.462 e. The lowest BCUT2D eigenvalue weighted by Crippen LogP contribution is -2.30. The minimum absolute atomic E-state index is 0.106. The quantitative estimate of drug-likeness (QED) is 0.0222. The van der Waals surface area contributed by atoms with Gasteiger partial charge < -0.3 is 33.8 Å². The third kappa shape index (κ3) is 74.1. The smallest absolute Gasteiger partial charge is 0.462 e. The molecule has 2 unspecified atom stereocenters. The number of rotatable bonds is 78. The fourth-order valence-corrected chi connectivity index (χ4v) is 13.9. The van der Waals surface area contributed by atoms with E-state index in [0.717, 1.165) is 108 Å². The molecule has 17 nitrogen and oxygen atoms in total. The lowest BCUT2D eigenvalue weighted by Gasteiger charge is -2.21. The standard InChI is InChI=1S/C80H156O17P2/c1-8-9-10-11-12-13-14-15-16-20-23-29-34-39-47-54-61-77(82)90-67-75(96-79(84)63-56-49-40-35-30-24-21-18-17-19-22-27-32-37-44-51-58-71(2)3)69-94-98(86,87)92-65-74(81)66-93-99(88,89)95-70-76(68-91-78(83)62-55-48-43-42-46-53-60-73(6)7)97-80(85)64-57-50-41-36-31-26-25-28-33-38-45-52-59-72(4)5/h71-76,81H,8-70H2,1-7H3,(H,86,87)(H,88,89)/t74-,75-,76-/m1/s1. The molecule has 0 aromatic rings. The molecule has 99 heavy (non-hydrogen) atoms. The number of hydrogen-bond donors (Lipinski definition) is 3. The first-order valence-corrected chi connectivity index (χ1v) is 44.3. The fraction of sp³-hybridized carbons (Fsp3) is 0.950. The number of aliphatic hydroxyl groups is 1. The summed E-state index contributed by atoms with van der Waals surface area (Å²) in [5.41, 5.74) is 0. The molecule has 0 saturated heterocycles. The maximum atomic E-state index is 13.1. The highest BCUT2D eigenvalue weighted by molar-refractivity contribution is 7.47. The van der Waals surface area contributed by atoms with Gasteiger partial charge in [-0.05, 0) is 43.4 Å². The molecule has 19 heteroatoms. The molecule has 0 radical (unpaired) electrons. The molecule has 0 aromatic carbocycles. The predicted molar refractivity (Wildman–Crippen MR) is 405 cm³/mol. The Labute approximate surface area is 607 Å². The zero-order chi connectivity index (χ0) is 73.0. The zero-order valence-electron chi connectivity index (χ0n) is 65.0. The number of carbonyl (C=O) groups excluding carboxylic acids is 4. The van der Waals surface area contributed by atoms with Gasteiger partial charge in [-0.3, -0.25) is 37.3 Å². The number of phosphoric acid groups is 2. The zero-order valence-corrected chi connectivity index (χ0v) is 66.8. The van der Waals surface area contributed by atoms with Crippen LogP contribution in [0.15, 0.2) is 0 Å². The molecule has 0 bridgehead atoms. The molecule has 5 atom stereocenters. The van der Waals surface area contributed by atoms with E-state index < -0.39 is 97.5 Å². The van der Waals surface area contributed by atoms with Crippen LogP contribution in [0, 0.1) is 17.8 Å². The second kappa shape index (κ2) is 70.4. The molecule has 0 aliphatic carbocycles. The first-order chi connectivity index (χ1) is 47.7. The van der Waals surface area contributed by atoms with Crippen LogP contribution in [0.5, 0.6) is 0 Å². The normalized spacial score (nSPS) is 14.0. The Kier molecular flexibility index (Phi) is 69.0. The van der Waals surface area contributed by atoms with E-state index in [-0.39, 0.29) is 25.7 Å². The van der Waals surface area contributed by atoms with Crippen LogP contribution in [-0.2, 0) is 65.4 Å². The highest BCUT2D eigenvalue weighted by atomic mass is 31.2. The van der Waals surface area contributed by atoms with Crippen molar-refractivity contribution in [3.63, 3.8) is 0 Å². The van der Waals surface area contributed by atoms with Crippen molar-refractivity contribution in [3.05, 3.63) is 0 Å². The monoisotopic (exact) mass is 1450 g/mol. The Morgan fingerprint density at radius 3 is 0.687 bits per heavy atom. The van der Waals surface area contributed by atoms with E-state index >= 15 is 0 Å². The molecule has 0 aromatic heterocycles. The van der Waals surface area contributed by atoms with Gasteiger partial charge in [-0.2, -0.15) is 0 Å². The fourth-order valence-electron chi connectivity index (χ4n) is 12.3. The molecule has 0 amide bonds. The maximum absolute atomic E-state index is 13.1. The van der Waals surface area contributed by atoms with Crippen molar-refractivity contribution in [2.24, 2.45) is 17.8 Å². The van der Waals surface area contributed by atoms with Crippen molar-refractivity contribution < 1.29 is 80.2 Å². The summed E-state index contributed by atoms with van der Waals surface area (Å²) in [6.07, 6.45) is 58.4. The van der Waals surface area contributed by atoms with Crippen LogP contribution in [0.4, 0.5) is 0 Å². The minimum atomic E-state index is -4.96. The first-order valence-electron chi connectivity index (χ1n) is 41.3. The van der Waals surface area contributed by atoms with Gasteiger partial charge in [0, 0.05) is 25.7 Å². The second-order valence-corrected chi connectivity index (χ2v) is 33.1. The Morgan fingerprint density at radius 1 is 0.273 bits per heavy atom. The van der Waals surface area contributed by atoms with E-state index in [0.29, 0.717) is 31.6 Å². The second-order valence-electron chi connectivity index (χ2n) is 30.2. The van der Waals surface area contributed by atoms with Gasteiger partial charge in [-0.1, -0.05) is 363 Å². The van der Waals surface area contributed by atoms with Gasteiger partial charge in [0.15, 0.2) is 12.2 Å². The summed E-state index contributed by atoms with van der Waals surface area (Å²) in [7, 11) is -9.92. The lowest BCUT2D eigenvalue weighted by molar-refractivity contribution is -0.161. The molecule has 0 spiro atoms. The van der Waals surface area contributed by atoms with Crippen molar-refractivity contribution >= 4 is 39.5 Å². The molecular weight excluding hydrogens is 1290 g/mol. The van der Waals surface area contributed by atoms with Gasteiger partial charge in [-0.15, -0.1) is 0 Å². The van der Waals surface area contributed by atoms with Crippen LogP contribution in [0.3, 0.4) is 0 Å². The highest BCUT2D eigenvalue weighted by Crippen LogP contribution is 2.45. The average molecular weight is 1450 g/mol. The Balaban J connectivity index is 5.23. The predicted octanol–water partition coefficient (Wildman–Crippen LogP) is 23.7. The third-order valence-electron chi connectivity index (χ3n) is 18.6. The summed E-state index contributed by atoms with van der Waals surface area (Å²) in [5, 5.41) is 10.6. The van der Waals surface area contributed by atoms with Gasteiger partial charge in [0.25, 0.3) is 0 Å². The number of esters is 4. The van der Waals surface area contributed by atoms with Gasteiger partial charge in [0.1, 0.15) is 19.3 Å². The molecule has 0 aliphatic rings. The largest absolute Gasteiger partial charge is 0.472 e. The maximum Gasteiger partial charge on any atom is 0.472 e. The van der Waals surface area contributed by atoms with Crippen LogP contribution in [-0.4, -0.2) is 96.7 Å². The number of carbonyl (C=O) groups is 4. The SMILES string of the molecule is CCCCCCCCCCCCCCCCCCC(=O)OC[C@H](COP(=O)(O)OC[C@@H](O)COP(=O)(O)OC[C@@H](COC(=O)CCCCCCCCC(C)C)OC(=O)CCCCCCCCCCCCCCC(C)C)OC(=O)CCCCCCCCCCCCCCCCCCC(C)C. The number of phosphoric ester groups is 2. The number of aliphatic hydroxyl groups excluding tert-OH is 1. The summed E-state index contributed by atoms with van der Waals surface area (Å²) in [6.45, 7) is 11.9. The molecule has 588 valence electrons. The van der Waals surface area contributed by atoms with Crippen molar-refractivity contribution in [2.75, 3.05) is 39.6 Å². The van der Waals surface area contributed by atoms with E-state index in [1.54, 1.807) is 0 Å². The summed E-state index contributed by atoms with van der Waals surface area (Å²) >= 11 is 0. The summed E-state index contributed by atoms with van der Waals surface area (Å²) in [4.78, 5) is 72.9. The van der Waals surface area contributed by atoms with E-state index in [9.17, 15) is 43.2 Å². The van der Waals surface area contributed by atoms with Crippen molar-refractivity contribution in [3.8, 4) is 0 Å². The molecule has 0 heterocycles. The van der Waals surface area contributed by atoms with Crippen LogP contribution in [0.2, 0.25) is 0 Å². The summed E-state index contributed by atoms with van der Waals surface area (Å²) < 4.78 is 68.7. The Morgan fingerprint density at radius 2 is 0.465 bits per heavy atom. The number of hydrogen-bond acceptors (Lipinski definition) is 15. The van der Waals surface area contributed by atoms with Crippen molar-refractivity contribution in [2.45, 2.75) is 433 Å². The van der Waals surface area contributed by atoms with Crippen molar-refractivity contribution in [1.82, 2.24) is 0 Å². The van der Waals surface area contributed by atoms with E-state index in [2.05, 4.69) is 48.5 Å². The molecule has 0 aliphatic heterocycles. The molecule has 0 fully saturated rings. The van der Waals surface area contributed by atoms with Crippen LogP contribution < -0.4 is 0 Å². The number of ether oxygens (including phenoxy) is 4. The average Bonchev–Trinajstić information content (AvgIpc) is 1.11. The molecule has 0 rings (SSSR count). The third-order valence-corrected chi connectivity index (χ3v) is 20.5. The Bertz CT molecular complexity index is 1920. The van der Waals surface area contributed by atoms with E-state index in [1.807, 2.05) is 0 Å². The van der Waals surface area contributed by atoms with Crippen LogP contribution in [0.1, 0.15) is 414 Å². The van der Waals surface area contributed by atoms with Crippen LogP contribution >= 0.6 is 15.6 Å². The first kappa shape index (κ1) is 97.1. The molecule has 3 N–H and O–H groups in total. The Hall–Kier alpha value is -1.94. The topological polar surface area (TPSA) is 237 Å². The molecule has 0 saturated carbocycles. The van der Waals surface area contributed by atoms with E-state index in [1.165, 1.54) is 218 Å². The van der Waals surface area contributed by atoms with Crippen molar-refractivity contribution in [1.29, 1.82) is 0 Å². The molecular formula is C80H156O17P2. The lowest BCUT2D eigenvalue weighted by atomic mass is 10.0. The van der Waals surface area contributed by atoms with E-state index in [4.69, 9.17) is 37.0 Å². The van der Waals surface area contributed by atoms with Gasteiger partial charge in [0.2, 0.25) is 0 Å². The van der Waals surface area contributed by atoms with Crippen LogP contribution in [0.25, 0.3) is 0 Å². The summed E-state index contributed by atoms with van der Waals surface area (Å²) in [6, 6.07) is 0. The highest BCUT2D eigenvalue weighted by Gasteiger charge is 2.30. The number of unbranched alkanes of at least 4 members (excludes halogenated alkanes) is 46.